The number of aromatic nitrogens is 4. The van der Waals surface area contributed by atoms with E-state index < -0.39 is 0 Å². The summed E-state index contributed by atoms with van der Waals surface area (Å²) in [6.45, 7) is 10.4. The zero-order chi connectivity index (χ0) is 14.7. The van der Waals surface area contributed by atoms with Crippen LogP contribution in [0, 0.1) is 3.57 Å². The van der Waals surface area contributed by atoms with E-state index in [0.29, 0.717) is 0 Å². The Kier molecular flexibility index (Phi) is 5.23. The quantitative estimate of drug-likeness (QED) is 0.713. The lowest BCUT2D eigenvalue weighted by molar-refractivity contribution is 0.559. The predicted octanol–water partition coefficient (Wildman–Crippen LogP) is 3.44. The summed E-state index contributed by atoms with van der Waals surface area (Å²) in [6, 6.07) is 2.21. The molecular formula is C15H23IN4. The fourth-order valence-corrected chi connectivity index (χ4v) is 3.62. The summed E-state index contributed by atoms with van der Waals surface area (Å²) in [5.41, 5.74) is 4.96. The van der Waals surface area contributed by atoms with Gasteiger partial charge in [0.05, 0.1) is 32.9 Å². The maximum Gasteiger partial charge on any atom is 0.0832 e. The lowest BCUT2D eigenvalue weighted by Gasteiger charge is -2.08. The van der Waals surface area contributed by atoms with Gasteiger partial charge in [0.25, 0.3) is 0 Å². The van der Waals surface area contributed by atoms with E-state index in [2.05, 4.69) is 70.8 Å². The van der Waals surface area contributed by atoms with Crippen molar-refractivity contribution in [1.82, 2.24) is 19.6 Å². The lowest BCUT2D eigenvalue weighted by atomic mass is 10.2. The third-order valence-electron chi connectivity index (χ3n) is 3.62. The number of hydrogen-bond acceptors (Lipinski definition) is 2. The molecule has 0 aromatic carbocycles. The maximum absolute atomic E-state index is 4.77. The summed E-state index contributed by atoms with van der Waals surface area (Å²) in [6.07, 6.45) is 3.00. The summed E-state index contributed by atoms with van der Waals surface area (Å²) in [4.78, 5) is 0. The van der Waals surface area contributed by atoms with Crippen molar-refractivity contribution in [3.63, 3.8) is 0 Å². The molecule has 5 heteroatoms. The highest BCUT2D eigenvalue weighted by molar-refractivity contribution is 14.1. The number of halogens is 1. The second-order valence-electron chi connectivity index (χ2n) is 4.87. The van der Waals surface area contributed by atoms with Crippen LogP contribution in [0.5, 0.6) is 0 Å². The average Bonchev–Trinajstić information content (AvgIpc) is 2.99. The Balaban J connectivity index is 2.36. The van der Waals surface area contributed by atoms with E-state index in [0.717, 1.165) is 38.0 Å². The van der Waals surface area contributed by atoms with Crippen LogP contribution in [-0.2, 0) is 32.4 Å². The molecule has 110 valence electrons. The largest absolute Gasteiger partial charge is 0.268 e. The molecule has 2 rings (SSSR count). The normalized spacial score (nSPS) is 11.2. The third-order valence-corrected chi connectivity index (χ3v) is 4.86. The fourth-order valence-electron chi connectivity index (χ4n) is 2.47. The molecule has 2 aromatic rings. The molecule has 2 heterocycles. The van der Waals surface area contributed by atoms with Crippen molar-refractivity contribution in [2.24, 2.45) is 0 Å². The molecule has 0 radical (unpaired) electrons. The van der Waals surface area contributed by atoms with E-state index in [1.54, 1.807) is 0 Å². The Bertz CT molecular complexity index is 583. The Morgan fingerprint density at radius 3 is 2.30 bits per heavy atom. The van der Waals surface area contributed by atoms with Crippen LogP contribution in [-0.4, -0.2) is 19.6 Å². The van der Waals surface area contributed by atoms with Gasteiger partial charge in [-0.3, -0.25) is 9.36 Å². The molecule has 0 amide bonds. The van der Waals surface area contributed by atoms with Gasteiger partial charge in [-0.1, -0.05) is 20.8 Å². The molecule has 0 unspecified atom stereocenters. The van der Waals surface area contributed by atoms with E-state index in [1.807, 2.05) is 0 Å². The molecule has 4 nitrogen and oxygen atoms in total. The van der Waals surface area contributed by atoms with Crippen molar-refractivity contribution in [3.05, 3.63) is 32.4 Å². The van der Waals surface area contributed by atoms with Crippen molar-refractivity contribution in [1.29, 1.82) is 0 Å². The predicted molar refractivity (Wildman–Crippen MR) is 90.1 cm³/mol. The fraction of sp³-hybridized carbons (Fsp3) is 0.600. The summed E-state index contributed by atoms with van der Waals surface area (Å²) < 4.78 is 5.58. The summed E-state index contributed by atoms with van der Waals surface area (Å²) in [7, 11) is 0. The first-order chi connectivity index (χ1) is 9.64. The Hall–Kier alpha value is -0.850. The minimum Gasteiger partial charge on any atom is -0.268 e. The first-order valence-corrected chi connectivity index (χ1v) is 8.51. The molecule has 0 spiro atoms. The van der Waals surface area contributed by atoms with E-state index >= 15 is 0 Å². The van der Waals surface area contributed by atoms with Gasteiger partial charge in [-0.15, -0.1) is 0 Å². The molecule has 0 aliphatic carbocycles. The minimum atomic E-state index is 0.819. The van der Waals surface area contributed by atoms with Gasteiger partial charge in [-0.2, -0.15) is 10.2 Å². The van der Waals surface area contributed by atoms with Gasteiger partial charge in [-0.05, 0) is 54.8 Å². The zero-order valence-corrected chi connectivity index (χ0v) is 14.9. The highest BCUT2D eigenvalue weighted by Gasteiger charge is 2.15. The molecule has 0 saturated heterocycles. The Morgan fingerprint density at radius 2 is 1.75 bits per heavy atom. The Morgan fingerprint density at radius 1 is 1.00 bits per heavy atom. The highest BCUT2D eigenvalue weighted by atomic mass is 127. The number of aryl methyl sites for hydroxylation is 3. The van der Waals surface area contributed by atoms with Crippen molar-refractivity contribution in [2.75, 3.05) is 0 Å². The lowest BCUT2D eigenvalue weighted by Crippen LogP contribution is -2.11. The molecule has 0 saturated carbocycles. The molecule has 0 atom stereocenters. The van der Waals surface area contributed by atoms with Gasteiger partial charge in [-0.25, -0.2) is 0 Å². The second-order valence-corrected chi connectivity index (χ2v) is 5.95. The van der Waals surface area contributed by atoms with Crippen LogP contribution in [0.15, 0.2) is 6.07 Å². The highest BCUT2D eigenvalue weighted by Crippen LogP contribution is 2.20. The van der Waals surface area contributed by atoms with E-state index in [-0.39, 0.29) is 0 Å². The van der Waals surface area contributed by atoms with E-state index in [4.69, 9.17) is 5.10 Å². The van der Waals surface area contributed by atoms with Gasteiger partial charge < -0.3 is 0 Å². The first kappa shape index (κ1) is 15.5. The zero-order valence-electron chi connectivity index (χ0n) is 12.8. The van der Waals surface area contributed by atoms with Crippen LogP contribution in [0.2, 0.25) is 0 Å². The van der Waals surface area contributed by atoms with Gasteiger partial charge >= 0.3 is 0 Å². The molecule has 0 aliphatic heterocycles. The molecule has 0 fully saturated rings. The summed E-state index contributed by atoms with van der Waals surface area (Å²) in [5, 5.41) is 9.39. The molecule has 0 aliphatic rings. The maximum atomic E-state index is 4.77. The summed E-state index contributed by atoms with van der Waals surface area (Å²) in [5.74, 6) is 0. The topological polar surface area (TPSA) is 35.6 Å². The molecule has 0 bridgehead atoms. The van der Waals surface area contributed by atoms with Crippen LogP contribution in [0.4, 0.5) is 0 Å². The van der Waals surface area contributed by atoms with Crippen molar-refractivity contribution in [3.8, 4) is 0 Å². The standard InChI is InChI=1S/C15H23IN4/c1-5-11-9-12(19(8-4)17-11)10-20-14(7-3)15(16)13(6-2)18-20/h9H,5-8,10H2,1-4H3. The monoisotopic (exact) mass is 386 g/mol. The van der Waals surface area contributed by atoms with Crippen LogP contribution in [0.25, 0.3) is 0 Å². The van der Waals surface area contributed by atoms with Crippen molar-refractivity contribution < 1.29 is 0 Å². The SMILES string of the molecule is CCc1cc(Cn2nc(CC)c(I)c2CC)n(CC)n1. The minimum absolute atomic E-state index is 0.819. The number of hydrogen-bond donors (Lipinski definition) is 0. The molecule has 0 N–H and O–H groups in total. The van der Waals surface area contributed by atoms with Crippen LogP contribution in [0.1, 0.15) is 50.5 Å². The molecule has 2 aromatic heterocycles. The van der Waals surface area contributed by atoms with Crippen LogP contribution in [0.3, 0.4) is 0 Å². The second kappa shape index (κ2) is 6.74. The Labute approximate surface area is 134 Å². The van der Waals surface area contributed by atoms with Crippen molar-refractivity contribution >= 4 is 22.6 Å². The number of nitrogens with zero attached hydrogens (tertiary/aromatic N) is 4. The average molecular weight is 386 g/mol. The summed E-state index contributed by atoms with van der Waals surface area (Å²) >= 11 is 2.43. The molecular weight excluding hydrogens is 363 g/mol. The van der Waals surface area contributed by atoms with Gasteiger partial charge in [0.15, 0.2) is 0 Å². The van der Waals surface area contributed by atoms with Crippen molar-refractivity contribution in [2.45, 2.75) is 60.0 Å². The van der Waals surface area contributed by atoms with Gasteiger partial charge in [0.2, 0.25) is 0 Å². The molecule has 20 heavy (non-hydrogen) atoms. The van der Waals surface area contributed by atoms with E-state index in [9.17, 15) is 0 Å². The van der Waals surface area contributed by atoms with E-state index in [1.165, 1.54) is 20.7 Å². The first-order valence-electron chi connectivity index (χ1n) is 7.44. The number of rotatable bonds is 6. The van der Waals surface area contributed by atoms with Crippen LogP contribution >= 0.6 is 22.6 Å². The smallest absolute Gasteiger partial charge is 0.0832 e. The van der Waals surface area contributed by atoms with Gasteiger partial charge in [0.1, 0.15) is 0 Å². The third kappa shape index (κ3) is 2.92. The van der Waals surface area contributed by atoms with Gasteiger partial charge in [0, 0.05) is 6.54 Å². The van der Waals surface area contributed by atoms with Crippen LogP contribution < -0.4 is 0 Å².